The highest BCUT2D eigenvalue weighted by atomic mass is 19.4. The minimum absolute atomic E-state index is 0.0494. The van der Waals surface area contributed by atoms with Gasteiger partial charge in [0.05, 0.1) is 24.9 Å². The van der Waals surface area contributed by atoms with Crippen molar-refractivity contribution >= 4 is 5.96 Å². The van der Waals surface area contributed by atoms with Gasteiger partial charge in [-0.05, 0) is 23.6 Å². The summed E-state index contributed by atoms with van der Waals surface area (Å²) in [4.78, 5) is 4.01. The molecule has 0 radical (unpaired) electrons. The Morgan fingerprint density at radius 3 is 2.48 bits per heavy atom. The Morgan fingerprint density at radius 2 is 1.93 bits per heavy atom. The molecule has 1 aromatic carbocycles. The first-order valence-electron chi connectivity index (χ1n) is 8.38. The Kier molecular flexibility index (Phi) is 6.70. The van der Waals surface area contributed by atoms with Gasteiger partial charge in [-0.15, -0.1) is 0 Å². The Morgan fingerprint density at radius 1 is 1.22 bits per heavy atom. The molecule has 9 heteroatoms. The minimum Gasteiger partial charge on any atom is -0.497 e. The number of guanidine groups is 1. The number of ether oxygens (including phenoxy) is 1. The van der Waals surface area contributed by atoms with Crippen LogP contribution in [0.15, 0.2) is 33.8 Å². The normalized spacial score (nSPS) is 12.4. The Hall–Kier alpha value is -2.71. The summed E-state index contributed by atoms with van der Waals surface area (Å²) < 4.78 is 49.9. The SMILES string of the molecule is CN=C(NCc1cc(C(C)C)no1)NCc1ccc(OC)cc1C(F)(F)F. The van der Waals surface area contributed by atoms with E-state index < -0.39 is 11.7 Å². The molecule has 0 fully saturated rings. The number of hydrogen-bond donors (Lipinski definition) is 2. The van der Waals surface area contributed by atoms with Crippen molar-refractivity contribution < 1.29 is 22.4 Å². The number of alkyl halides is 3. The van der Waals surface area contributed by atoms with Crippen LogP contribution in [-0.4, -0.2) is 25.3 Å². The molecule has 0 atom stereocenters. The molecule has 0 amide bonds. The largest absolute Gasteiger partial charge is 0.497 e. The van der Waals surface area contributed by atoms with Crippen LogP contribution in [-0.2, 0) is 19.3 Å². The summed E-state index contributed by atoms with van der Waals surface area (Å²) >= 11 is 0. The zero-order chi connectivity index (χ0) is 20.0. The van der Waals surface area contributed by atoms with Crippen molar-refractivity contribution in [2.75, 3.05) is 14.2 Å². The van der Waals surface area contributed by atoms with Gasteiger partial charge < -0.3 is 19.9 Å². The topological polar surface area (TPSA) is 71.7 Å². The summed E-state index contributed by atoms with van der Waals surface area (Å²) in [6.07, 6.45) is -4.48. The van der Waals surface area contributed by atoms with Gasteiger partial charge in [0.25, 0.3) is 0 Å². The molecule has 2 rings (SSSR count). The molecule has 2 aromatic rings. The molecule has 0 aliphatic heterocycles. The molecule has 1 heterocycles. The highest BCUT2D eigenvalue weighted by Crippen LogP contribution is 2.34. The van der Waals surface area contributed by atoms with E-state index in [0.29, 0.717) is 18.3 Å². The lowest BCUT2D eigenvalue weighted by Crippen LogP contribution is -2.36. The van der Waals surface area contributed by atoms with E-state index in [2.05, 4.69) is 20.8 Å². The lowest BCUT2D eigenvalue weighted by atomic mass is 10.1. The van der Waals surface area contributed by atoms with Gasteiger partial charge in [-0.1, -0.05) is 25.1 Å². The average Bonchev–Trinajstić information content (AvgIpc) is 3.10. The Labute approximate surface area is 155 Å². The van der Waals surface area contributed by atoms with Crippen LogP contribution >= 0.6 is 0 Å². The maximum atomic E-state index is 13.3. The van der Waals surface area contributed by atoms with Crippen LogP contribution in [0.4, 0.5) is 13.2 Å². The maximum Gasteiger partial charge on any atom is 0.416 e. The quantitative estimate of drug-likeness (QED) is 0.587. The van der Waals surface area contributed by atoms with E-state index >= 15 is 0 Å². The second kappa shape index (κ2) is 8.79. The molecule has 0 unspecified atom stereocenters. The first kappa shape index (κ1) is 20.6. The standard InChI is InChI=1S/C18H23F3N4O2/c1-11(2)16-8-14(27-25-16)10-24-17(22-3)23-9-12-5-6-13(26-4)7-15(12)18(19,20)21/h5-8,11H,9-10H2,1-4H3,(H2,22,23,24). The van der Waals surface area contributed by atoms with Crippen LogP contribution in [0.3, 0.4) is 0 Å². The first-order chi connectivity index (χ1) is 12.7. The minimum atomic E-state index is -4.48. The maximum absolute atomic E-state index is 13.3. The summed E-state index contributed by atoms with van der Waals surface area (Å²) in [5.41, 5.74) is 0.178. The van der Waals surface area contributed by atoms with Crippen LogP contribution in [0.5, 0.6) is 5.75 Å². The van der Waals surface area contributed by atoms with E-state index in [4.69, 9.17) is 9.26 Å². The summed E-state index contributed by atoms with van der Waals surface area (Å²) in [6, 6.07) is 5.68. The van der Waals surface area contributed by atoms with E-state index in [-0.39, 0.29) is 23.8 Å². The fraction of sp³-hybridized carbons (Fsp3) is 0.444. The fourth-order valence-electron chi connectivity index (χ4n) is 2.36. The molecule has 1 aromatic heterocycles. The molecule has 2 N–H and O–H groups in total. The molecular formula is C18H23F3N4O2. The molecule has 0 spiro atoms. The van der Waals surface area contributed by atoms with Gasteiger partial charge in [0.15, 0.2) is 11.7 Å². The van der Waals surface area contributed by atoms with Gasteiger partial charge in [-0.25, -0.2) is 0 Å². The Balaban J connectivity index is 2.01. The van der Waals surface area contributed by atoms with Crippen molar-refractivity contribution in [1.82, 2.24) is 15.8 Å². The first-order valence-corrected chi connectivity index (χ1v) is 8.38. The van der Waals surface area contributed by atoms with Gasteiger partial charge in [0, 0.05) is 19.7 Å². The molecule has 0 aliphatic carbocycles. The highest BCUT2D eigenvalue weighted by molar-refractivity contribution is 5.79. The molecule has 6 nitrogen and oxygen atoms in total. The lowest BCUT2D eigenvalue weighted by Gasteiger charge is -2.16. The second-order valence-corrected chi connectivity index (χ2v) is 6.17. The Bertz CT molecular complexity index is 785. The van der Waals surface area contributed by atoms with E-state index in [1.807, 2.05) is 19.9 Å². The van der Waals surface area contributed by atoms with E-state index in [9.17, 15) is 13.2 Å². The molecule has 0 aliphatic rings. The predicted molar refractivity (Wildman–Crippen MR) is 95.6 cm³/mol. The number of aromatic nitrogens is 1. The van der Waals surface area contributed by atoms with Gasteiger partial charge in [0.2, 0.25) is 0 Å². The van der Waals surface area contributed by atoms with Crippen LogP contribution in [0.25, 0.3) is 0 Å². The fourth-order valence-corrected chi connectivity index (χ4v) is 2.36. The molecule has 27 heavy (non-hydrogen) atoms. The molecule has 0 saturated heterocycles. The van der Waals surface area contributed by atoms with E-state index in [0.717, 1.165) is 11.8 Å². The van der Waals surface area contributed by atoms with Crippen LogP contribution in [0, 0.1) is 0 Å². The van der Waals surface area contributed by atoms with Gasteiger partial charge in [0.1, 0.15) is 5.75 Å². The molecule has 148 valence electrons. The molecular weight excluding hydrogens is 361 g/mol. The summed E-state index contributed by atoms with van der Waals surface area (Å²) in [5, 5.41) is 9.82. The number of nitrogens with one attached hydrogen (secondary N) is 2. The average molecular weight is 384 g/mol. The lowest BCUT2D eigenvalue weighted by molar-refractivity contribution is -0.138. The number of benzene rings is 1. The van der Waals surface area contributed by atoms with Crippen molar-refractivity contribution in [3.8, 4) is 5.75 Å². The van der Waals surface area contributed by atoms with Gasteiger partial charge >= 0.3 is 6.18 Å². The number of hydrogen-bond acceptors (Lipinski definition) is 4. The second-order valence-electron chi connectivity index (χ2n) is 6.17. The van der Waals surface area contributed by atoms with Crippen LogP contribution in [0.1, 0.15) is 42.3 Å². The number of methoxy groups -OCH3 is 1. The third-order valence-electron chi connectivity index (χ3n) is 3.89. The van der Waals surface area contributed by atoms with Crippen LogP contribution in [0.2, 0.25) is 0 Å². The smallest absolute Gasteiger partial charge is 0.416 e. The predicted octanol–water partition coefficient (Wildman–Crippen LogP) is 3.69. The van der Waals surface area contributed by atoms with Crippen molar-refractivity contribution in [3.05, 3.63) is 46.8 Å². The van der Waals surface area contributed by atoms with Crippen molar-refractivity contribution in [1.29, 1.82) is 0 Å². The number of aliphatic imine (C=N–C) groups is 1. The highest BCUT2D eigenvalue weighted by Gasteiger charge is 2.33. The van der Waals surface area contributed by atoms with E-state index in [1.165, 1.54) is 26.3 Å². The van der Waals surface area contributed by atoms with Crippen molar-refractivity contribution in [2.24, 2.45) is 4.99 Å². The zero-order valence-electron chi connectivity index (χ0n) is 15.6. The summed E-state index contributed by atoms with van der Waals surface area (Å²) in [5.74, 6) is 1.36. The number of rotatable bonds is 6. The molecule has 0 bridgehead atoms. The number of nitrogens with zero attached hydrogens (tertiary/aromatic N) is 2. The summed E-state index contributed by atoms with van der Waals surface area (Å²) in [6.45, 7) is 4.27. The number of halogens is 3. The van der Waals surface area contributed by atoms with Crippen molar-refractivity contribution in [2.45, 2.75) is 39.0 Å². The van der Waals surface area contributed by atoms with E-state index in [1.54, 1.807) is 0 Å². The zero-order valence-corrected chi connectivity index (χ0v) is 15.6. The van der Waals surface area contributed by atoms with Crippen LogP contribution < -0.4 is 15.4 Å². The molecule has 0 saturated carbocycles. The third-order valence-corrected chi connectivity index (χ3v) is 3.89. The third kappa shape index (κ3) is 5.63. The monoisotopic (exact) mass is 384 g/mol. The van der Waals surface area contributed by atoms with Gasteiger partial charge in [-0.2, -0.15) is 13.2 Å². The summed E-state index contributed by atoms with van der Waals surface area (Å²) in [7, 11) is 2.86. The van der Waals surface area contributed by atoms with Gasteiger partial charge in [-0.3, -0.25) is 4.99 Å². The van der Waals surface area contributed by atoms with Crippen molar-refractivity contribution in [3.63, 3.8) is 0 Å².